The van der Waals surface area contributed by atoms with Crippen LogP contribution in [0.4, 0.5) is 4.39 Å². The molecule has 1 aromatic rings. The molecule has 2 aliphatic rings. The molecular weight excluding hydrogens is 239 g/mol. The molecular formula is C17H21FO. The number of carbonyl (C=O) groups excluding carboxylic acids is 1. The van der Waals surface area contributed by atoms with E-state index in [9.17, 15) is 9.18 Å². The molecule has 2 saturated carbocycles. The molecule has 19 heavy (non-hydrogen) atoms. The summed E-state index contributed by atoms with van der Waals surface area (Å²) in [5.74, 6) is 1.60. The summed E-state index contributed by atoms with van der Waals surface area (Å²) >= 11 is 0. The Bertz CT molecular complexity index is 446. The summed E-state index contributed by atoms with van der Waals surface area (Å²) in [6, 6.07) is 6.49. The number of carbonyl (C=O) groups is 1. The lowest BCUT2D eigenvalue weighted by molar-refractivity contribution is -0.128. The van der Waals surface area contributed by atoms with Crippen molar-refractivity contribution in [2.45, 2.75) is 44.9 Å². The Hall–Kier alpha value is -1.18. The summed E-state index contributed by atoms with van der Waals surface area (Å²) < 4.78 is 13.2. The van der Waals surface area contributed by atoms with Gasteiger partial charge in [0.05, 0.1) is 0 Å². The summed E-state index contributed by atoms with van der Waals surface area (Å²) in [7, 11) is 0. The van der Waals surface area contributed by atoms with Gasteiger partial charge < -0.3 is 0 Å². The van der Waals surface area contributed by atoms with E-state index in [1.165, 1.54) is 50.7 Å². The lowest BCUT2D eigenvalue weighted by atomic mass is 9.62. The van der Waals surface area contributed by atoms with E-state index in [1.807, 2.05) is 6.07 Å². The number of halogens is 1. The molecule has 0 bridgehead atoms. The van der Waals surface area contributed by atoms with E-state index in [0.29, 0.717) is 24.0 Å². The van der Waals surface area contributed by atoms with Gasteiger partial charge in [0, 0.05) is 12.3 Å². The largest absolute Gasteiger partial charge is 0.299 e. The third-order valence-corrected chi connectivity index (χ3v) is 4.95. The average molecular weight is 260 g/mol. The van der Waals surface area contributed by atoms with E-state index in [4.69, 9.17) is 0 Å². The molecule has 0 aromatic heterocycles. The monoisotopic (exact) mass is 260 g/mol. The van der Waals surface area contributed by atoms with Crippen molar-refractivity contribution in [3.05, 3.63) is 35.6 Å². The third kappa shape index (κ3) is 2.72. The van der Waals surface area contributed by atoms with Crippen molar-refractivity contribution in [2.75, 3.05) is 0 Å². The summed E-state index contributed by atoms with van der Waals surface area (Å²) in [6.45, 7) is 0. The fourth-order valence-corrected chi connectivity index (χ4v) is 3.47. The van der Waals surface area contributed by atoms with E-state index in [2.05, 4.69) is 0 Å². The zero-order valence-corrected chi connectivity index (χ0v) is 11.3. The van der Waals surface area contributed by atoms with Gasteiger partial charge in [-0.05, 0) is 55.2 Å². The van der Waals surface area contributed by atoms with Crippen LogP contribution in [0.5, 0.6) is 0 Å². The van der Waals surface area contributed by atoms with E-state index >= 15 is 0 Å². The minimum absolute atomic E-state index is 0.242. The SMILES string of the molecule is O=C(Cc1cccc(F)c1)C(C1CCC1)C1CCC1. The lowest BCUT2D eigenvalue weighted by Gasteiger charge is -2.41. The van der Waals surface area contributed by atoms with Crippen molar-refractivity contribution in [3.8, 4) is 0 Å². The first-order valence-electron chi connectivity index (χ1n) is 7.51. The predicted octanol–water partition coefficient (Wildman–Crippen LogP) is 4.15. The van der Waals surface area contributed by atoms with E-state index < -0.39 is 0 Å². The number of ketones is 1. The summed E-state index contributed by atoms with van der Waals surface area (Å²) in [5.41, 5.74) is 0.827. The van der Waals surface area contributed by atoms with E-state index in [0.717, 1.165) is 5.56 Å². The van der Waals surface area contributed by atoms with Crippen molar-refractivity contribution in [2.24, 2.45) is 17.8 Å². The highest BCUT2D eigenvalue weighted by atomic mass is 19.1. The van der Waals surface area contributed by atoms with Crippen molar-refractivity contribution in [1.82, 2.24) is 0 Å². The molecule has 0 atom stereocenters. The van der Waals surface area contributed by atoms with E-state index in [1.54, 1.807) is 6.07 Å². The van der Waals surface area contributed by atoms with Gasteiger partial charge in [-0.25, -0.2) is 4.39 Å². The van der Waals surface area contributed by atoms with Gasteiger partial charge in [0.2, 0.25) is 0 Å². The average Bonchev–Trinajstić information content (AvgIpc) is 2.23. The summed E-state index contributed by atoms with van der Waals surface area (Å²) in [5, 5.41) is 0. The Labute approximate surface area is 114 Å². The Kier molecular flexibility index (Phi) is 3.67. The Morgan fingerprint density at radius 2 is 1.79 bits per heavy atom. The van der Waals surface area contributed by atoms with E-state index in [-0.39, 0.29) is 11.7 Å². The Morgan fingerprint density at radius 1 is 1.16 bits per heavy atom. The normalized spacial score (nSPS) is 20.1. The maximum Gasteiger partial charge on any atom is 0.140 e. The number of hydrogen-bond donors (Lipinski definition) is 0. The molecule has 0 amide bonds. The molecule has 102 valence electrons. The summed E-state index contributed by atoms with van der Waals surface area (Å²) in [4.78, 5) is 12.6. The van der Waals surface area contributed by atoms with Crippen LogP contribution in [0.2, 0.25) is 0 Å². The highest BCUT2D eigenvalue weighted by Crippen LogP contribution is 2.45. The van der Waals surface area contributed by atoms with Gasteiger partial charge in [-0.3, -0.25) is 4.79 Å². The molecule has 0 spiro atoms. The molecule has 3 rings (SSSR count). The minimum Gasteiger partial charge on any atom is -0.299 e. The molecule has 0 saturated heterocycles. The second-order valence-corrected chi connectivity index (χ2v) is 6.18. The van der Waals surface area contributed by atoms with Crippen LogP contribution in [0.3, 0.4) is 0 Å². The van der Waals surface area contributed by atoms with Crippen LogP contribution >= 0.6 is 0 Å². The minimum atomic E-state index is -0.242. The first-order chi connectivity index (χ1) is 9.24. The first-order valence-corrected chi connectivity index (χ1v) is 7.51. The van der Waals surface area contributed by atoms with Crippen molar-refractivity contribution >= 4 is 5.78 Å². The predicted molar refractivity (Wildman–Crippen MR) is 73.3 cm³/mol. The standard InChI is InChI=1S/C17H21FO/c18-15-9-1-4-12(10-15)11-16(19)17(13-5-2-6-13)14-7-3-8-14/h1,4,9-10,13-14,17H,2-3,5-8,11H2. The second kappa shape index (κ2) is 5.44. The Balaban J connectivity index is 1.69. The highest BCUT2D eigenvalue weighted by molar-refractivity contribution is 5.84. The quantitative estimate of drug-likeness (QED) is 0.777. The smallest absolute Gasteiger partial charge is 0.140 e. The van der Waals surface area contributed by atoms with Gasteiger partial charge in [-0.1, -0.05) is 25.0 Å². The molecule has 2 fully saturated rings. The van der Waals surface area contributed by atoms with Gasteiger partial charge in [0.1, 0.15) is 11.6 Å². The molecule has 1 aromatic carbocycles. The van der Waals surface area contributed by atoms with Crippen molar-refractivity contribution in [1.29, 1.82) is 0 Å². The zero-order chi connectivity index (χ0) is 13.2. The molecule has 0 radical (unpaired) electrons. The van der Waals surface area contributed by atoms with Gasteiger partial charge in [0.15, 0.2) is 0 Å². The number of Topliss-reactive ketones (excluding diaryl/α,β-unsaturated/α-hetero) is 1. The first kappa shape index (κ1) is 12.8. The van der Waals surface area contributed by atoms with Crippen LogP contribution in [-0.2, 0) is 11.2 Å². The number of benzene rings is 1. The van der Waals surface area contributed by atoms with Gasteiger partial charge >= 0.3 is 0 Å². The van der Waals surface area contributed by atoms with Crippen LogP contribution in [0.25, 0.3) is 0 Å². The Morgan fingerprint density at radius 3 is 2.26 bits per heavy atom. The molecule has 0 N–H and O–H groups in total. The molecule has 2 aliphatic carbocycles. The van der Waals surface area contributed by atoms with Crippen molar-refractivity contribution < 1.29 is 9.18 Å². The zero-order valence-electron chi connectivity index (χ0n) is 11.3. The van der Waals surface area contributed by atoms with Crippen LogP contribution in [0, 0.1) is 23.6 Å². The van der Waals surface area contributed by atoms with Crippen LogP contribution in [0.1, 0.15) is 44.1 Å². The van der Waals surface area contributed by atoms with Crippen molar-refractivity contribution in [3.63, 3.8) is 0 Å². The van der Waals surface area contributed by atoms with Gasteiger partial charge in [-0.15, -0.1) is 0 Å². The molecule has 0 heterocycles. The lowest BCUT2D eigenvalue weighted by Crippen LogP contribution is -2.38. The maximum absolute atomic E-state index is 13.2. The number of rotatable bonds is 5. The second-order valence-electron chi connectivity index (χ2n) is 6.18. The van der Waals surface area contributed by atoms with Crippen LogP contribution < -0.4 is 0 Å². The molecule has 1 nitrogen and oxygen atoms in total. The number of hydrogen-bond acceptors (Lipinski definition) is 1. The molecule has 2 heteroatoms. The molecule has 0 aliphatic heterocycles. The maximum atomic E-state index is 13.2. The van der Waals surface area contributed by atoms with Gasteiger partial charge in [0.25, 0.3) is 0 Å². The third-order valence-electron chi connectivity index (χ3n) is 4.95. The summed E-state index contributed by atoms with van der Waals surface area (Å²) in [6.07, 6.45) is 7.84. The fraction of sp³-hybridized carbons (Fsp3) is 0.588. The fourth-order valence-electron chi connectivity index (χ4n) is 3.47. The highest BCUT2D eigenvalue weighted by Gasteiger charge is 2.39. The molecule has 0 unspecified atom stereocenters. The van der Waals surface area contributed by atoms with Crippen LogP contribution in [-0.4, -0.2) is 5.78 Å². The van der Waals surface area contributed by atoms with Gasteiger partial charge in [-0.2, -0.15) is 0 Å². The topological polar surface area (TPSA) is 17.1 Å². The van der Waals surface area contributed by atoms with Crippen LogP contribution in [0.15, 0.2) is 24.3 Å².